The lowest BCUT2D eigenvalue weighted by molar-refractivity contribution is 0.703. The van der Waals surface area contributed by atoms with Crippen LogP contribution in [-0.2, 0) is 0 Å². The number of nitrogens with zero attached hydrogens (tertiary/aromatic N) is 2. The highest BCUT2D eigenvalue weighted by Crippen LogP contribution is 2.24. The van der Waals surface area contributed by atoms with Crippen LogP contribution in [0.2, 0.25) is 0 Å². The van der Waals surface area contributed by atoms with Crippen molar-refractivity contribution < 1.29 is 0 Å². The van der Waals surface area contributed by atoms with Crippen molar-refractivity contribution in [1.29, 1.82) is 0 Å². The average molecular weight is 304 g/mol. The maximum Gasteiger partial charge on any atom is 0.133 e. The maximum absolute atomic E-state index is 4.69. The van der Waals surface area contributed by atoms with Crippen LogP contribution in [0.4, 0.5) is 0 Å². The van der Waals surface area contributed by atoms with E-state index in [0.717, 1.165) is 41.1 Å². The Kier molecular flexibility index (Phi) is 3.39. The molecular formula is C14H14BrN3. The molecule has 1 aromatic carbocycles. The zero-order chi connectivity index (χ0) is 12.4. The van der Waals surface area contributed by atoms with Crippen molar-refractivity contribution in [3.05, 3.63) is 46.8 Å². The molecule has 1 fully saturated rings. The third-order valence-electron chi connectivity index (χ3n) is 3.22. The second kappa shape index (κ2) is 5.16. The molecule has 1 saturated heterocycles. The van der Waals surface area contributed by atoms with E-state index in [1.54, 1.807) is 0 Å². The molecule has 2 aromatic rings. The highest BCUT2D eigenvalue weighted by atomic mass is 79.9. The Balaban J connectivity index is 1.95. The zero-order valence-corrected chi connectivity index (χ0v) is 11.5. The molecule has 0 saturated carbocycles. The number of benzene rings is 1. The third-order valence-corrected chi connectivity index (χ3v) is 3.71. The van der Waals surface area contributed by atoms with Gasteiger partial charge in [0.2, 0.25) is 0 Å². The van der Waals surface area contributed by atoms with E-state index in [-0.39, 0.29) is 0 Å². The standard InChI is InChI=1S/C14H14BrN3/c15-12-3-1-2-10(8-12)13-5-7-17-14(18-13)11-4-6-16-9-11/h1-3,5,7-8,11,16H,4,6,9H2. The van der Waals surface area contributed by atoms with Gasteiger partial charge in [-0.25, -0.2) is 9.97 Å². The van der Waals surface area contributed by atoms with Gasteiger partial charge < -0.3 is 5.32 Å². The molecule has 1 aromatic heterocycles. The lowest BCUT2D eigenvalue weighted by Gasteiger charge is -2.08. The van der Waals surface area contributed by atoms with E-state index in [1.807, 2.05) is 24.4 Å². The summed E-state index contributed by atoms with van der Waals surface area (Å²) in [4.78, 5) is 9.10. The van der Waals surface area contributed by atoms with E-state index >= 15 is 0 Å². The first-order valence-corrected chi connectivity index (χ1v) is 6.92. The van der Waals surface area contributed by atoms with E-state index in [0.29, 0.717) is 5.92 Å². The summed E-state index contributed by atoms with van der Waals surface area (Å²) in [5.41, 5.74) is 2.12. The normalized spacial score (nSPS) is 19.1. The molecule has 0 amide bonds. The SMILES string of the molecule is Brc1cccc(-c2ccnc(C3CCNC3)n2)c1. The molecule has 4 heteroatoms. The first-order chi connectivity index (χ1) is 8.83. The Morgan fingerprint density at radius 2 is 2.22 bits per heavy atom. The largest absolute Gasteiger partial charge is 0.316 e. The van der Waals surface area contributed by atoms with Crippen molar-refractivity contribution >= 4 is 15.9 Å². The number of halogens is 1. The van der Waals surface area contributed by atoms with Crippen LogP contribution in [0.25, 0.3) is 11.3 Å². The van der Waals surface area contributed by atoms with Crippen molar-refractivity contribution in [2.24, 2.45) is 0 Å². The molecule has 0 radical (unpaired) electrons. The molecule has 92 valence electrons. The summed E-state index contributed by atoms with van der Waals surface area (Å²) in [6.45, 7) is 2.05. The molecule has 1 aliphatic heterocycles. The van der Waals surface area contributed by atoms with Gasteiger partial charge in [-0.15, -0.1) is 0 Å². The van der Waals surface area contributed by atoms with Crippen molar-refractivity contribution in [1.82, 2.24) is 15.3 Å². The van der Waals surface area contributed by atoms with Crippen LogP contribution in [0, 0.1) is 0 Å². The fourth-order valence-corrected chi connectivity index (χ4v) is 2.65. The number of hydrogen-bond donors (Lipinski definition) is 1. The second-order valence-corrected chi connectivity index (χ2v) is 5.42. The molecule has 1 atom stereocenters. The van der Waals surface area contributed by atoms with Gasteiger partial charge >= 0.3 is 0 Å². The van der Waals surface area contributed by atoms with Crippen LogP contribution in [0.3, 0.4) is 0 Å². The van der Waals surface area contributed by atoms with Crippen LogP contribution in [0.5, 0.6) is 0 Å². The molecule has 0 spiro atoms. The number of hydrogen-bond acceptors (Lipinski definition) is 3. The Bertz CT molecular complexity index is 550. The van der Waals surface area contributed by atoms with Gasteiger partial charge in [0.25, 0.3) is 0 Å². The van der Waals surface area contributed by atoms with Gasteiger partial charge in [0, 0.05) is 28.7 Å². The summed E-state index contributed by atoms with van der Waals surface area (Å²) in [6.07, 6.45) is 2.98. The van der Waals surface area contributed by atoms with Crippen molar-refractivity contribution in [3.8, 4) is 11.3 Å². The molecule has 18 heavy (non-hydrogen) atoms. The summed E-state index contributed by atoms with van der Waals surface area (Å²) in [5.74, 6) is 1.41. The summed E-state index contributed by atoms with van der Waals surface area (Å²) in [6, 6.07) is 10.2. The van der Waals surface area contributed by atoms with E-state index in [4.69, 9.17) is 4.98 Å². The Hall–Kier alpha value is -1.26. The van der Waals surface area contributed by atoms with Gasteiger partial charge in [-0.2, -0.15) is 0 Å². The van der Waals surface area contributed by atoms with Crippen LogP contribution in [0.15, 0.2) is 41.0 Å². The van der Waals surface area contributed by atoms with Crippen molar-refractivity contribution in [2.75, 3.05) is 13.1 Å². The number of aromatic nitrogens is 2. The quantitative estimate of drug-likeness (QED) is 0.927. The van der Waals surface area contributed by atoms with E-state index in [2.05, 4.69) is 38.4 Å². The van der Waals surface area contributed by atoms with Gasteiger partial charge in [-0.1, -0.05) is 28.1 Å². The van der Waals surface area contributed by atoms with Gasteiger partial charge in [0.15, 0.2) is 0 Å². The van der Waals surface area contributed by atoms with E-state index < -0.39 is 0 Å². The summed E-state index contributed by atoms with van der Waals surface area (Å²) in [7, 11) is 0. The smallest absolute Gasteiger partial charge is 0.133 e. The molecule has 3 rings (SSSR count). The van der Waals surface area contributed by atoms with Gasteiger partial charge in [-0.05, 0) is 31.2 Å². The van der Waals surface area contributed by atoms with Crippen LogP contribution >= 0.6 is 15.9 Å². The summed E-state index contributed by atoms with van der Waals surface area (Å²) < 4.78 is 1.07. The van der Waals surface area contributed by atoms with Crippen LogP contribution in [0.1, 0.15) is 18.2 Å². The molecule has 2 heterocycles. The number of nitrogens with one attached hydrogen (secondary N) is 1. The monoisotopic (exact) mass is 303 g/mol. The predicted octanol–water partition coefficient (Wildman–Crippen LogP) is 2.98. The lowest BCUT2D eigenvalue weighted by atomic mass is 10.1. The molecule has 1 N–H and O–H groups in total. The topological polar surface area (TPSA) is 37.8 Å². The molecular weight excluding hydrogens is 290 g/mol. The molecule has 1 aliphatic rings. The predicted molar refractivity (Wildman–Crippen MR) is 75.4 cm³/mol. The number of rotatable bonds is 2. The van der Waals surface area contributed by atoms with E-state index in [1.165, 1.54) is 0 Å². The first-order valence-electron chi connectivity index (χ1n) is 6.12. The Labute approximate surface area is 115 Å². The molecule has 3 nitrogen and oxygen atoms in total. The van der Waals surface area contributed by atoms with E-state index in [9.17, 15) is 0 Å². The third kappa shape index (κ3) is 2.44. The summed E-state index contributed by atoms with van der Waals surface area (Å²) in [5, 5.41) is 3.35. The average Bonchev–Trinajstić information content (AvgIpc) is 2.93. The molecule has 0 aliphatic carbocycles. The lowest BCUT2D eigenvalue weighted by Crippen LogP contribution is -2.10. The zero-order valence-electron chi connectivity index (χ0n) is 9.94. The Morgan fingerprint density at radius 1 is 1.28 bits per heavy atom. The fraction of sp³-hybridized carbons (Fsp3) is 0.286. The van der Waals surface area contributed by atoms with Gasteiger partial charge in [0.05, 0.1) is 5.69 Å². The Morgan fingerprint density at radius 3 is 3.00 bits per heavy atom. The minimum atomic E-state index is 0.456. The fourth-order valence-electron chi connectivity index (χ4n) is 2.25. The van der Waals surface area contributed by atoms with Crippen molar-refractivity contribution in [2.45, 2.75) is 12.3 Å². The second-order valence-electron chi connectivity index (χ2n) is 4.50. The van der Waals surface area contributed by atoms with Crippen molar-refractivity contribution in [3.63, 3.8) is 0 Å². The highest BCUT2D eigenvalue weighted by molar-refractivity contribution is 9.10. The first kappa shape index (κ1) is 11.8. The minimum absolute atomic E-state index is 0.456. The summed E-state index contributed by atoms with van der Waals surface area (Å²) >= 11 is 3.49. The van der Waals surface area contributed by atoms with Gasteiger partial charge in [0.1, 0.15) is 5.82 Å². The molecule has 1 unspecified atom stereocenters. The van der Waals surface area contributed by atoms with Crippen LogP contribution in [-0.4, -0.2) is 23.1 Å². The van der Waals surface area contributed by atoms with Gasteiger partial charge in [-0.3, -0.25) is 0 Å². The highest BCUT2D eigenvalue weighted by Gasteiger charge is 2.19. The molecule has 0 bridgehead atoms. The maximum atomic E-state index is 4.69. The van der Waals surface area contributed by atoms with Crippen LogP contribution < -0.4 is 5.32 Å². The minimum Gasteiger partial charge on any atom is -0.316 e.